The second kappa shape index (κ2) is 7.67. The van der Waals surface area contributed by atoms with Gasteiger partial charge in [-0.25, -0.2) is 0 Å². The predicted octanol–water partition coefficient (Wildman–Crippen LogP) is 4.55. The number of hydrogen-bond donors (Lipinski definition) is 1. The average Bonchev–Trinajstić information content (AvgIpc) is 2.77. The summed E-state index contributed by atoms with van der Waals surface area (Å²) in [7, 11) is -4.09. The lowest BCUT2D eigenvalue weighted by Crippen LogP contribution is -2.20. The minimum absolute atomic E-state index is 0.0641. The van der Waals surface area contributed by atoms with Gasteiger partial charge in [-0.2, -0.15) is 8.42 Å². The maximum Gasteiger partial charge on any atom is 0.294 e. The molecule has 148 valence electrons. The van der Waals surface area contributed by atoms with E-state index in [1.165, 1.54) is 12.1 Å². The zero-order valence-corrected chi connectivity index (χ0v) is 16.5. The fraction of sp³-hybridized carbons (Fsp3) is 0. The third kappa shape index (κ3) is 3.66. The van der Waals surface area contributed by atoms with Crippen LogP contribution in [0.15, 0.2) is 95.9 Å². The lowest BCUT2D eigenvalue weighted by molar-refractivity contribution is 0.0979. The van der Waals surface area contributed by atoms with Crippen molar-refractivity contribution in [3.05, 3.63) is 113 Å². The van der Waals surface area contributed by atoms with Crippen LogP contribution in [0.5, 0.6) is 0 Å². The molecule has 5 nitrogen and oxygen atoms in total. The Kier molecular flexibility index (Phi) is 5.03. The van der Waals surface area contributed by atoms with E-state index < -0.39 is 10.1 Å². The first-order chi connectivity index (χ1) is 14.4. The van der Waals surface area contributed by atoms with Crippen molar-refractivity contribution >= 4 is 32.5 Å². The number of rotatable bonds is 1. The van der Waals surface area contributed by atoms with Crippen LogP contribution in [0.25, 0.3) is 10.8 Å². The number of fused-ring (bicyclic) bond motifs is 3. The zero-order chi connectivity index (χ0) is 21.3. The highest BCUT2D eigenvalue weighted by Gasteiger charge is 2.28. The Morgan fingerprint density at radius 2 is 0.933 bits per heavy atom. The normalized spacial score (nSPS) is 12.6. The van der Waals surface area contributed by atoms with E-state index >= 15 is 0 Å². The molecule has 0 unspecified atom stereocenters. The number of carbonyl (C=O) groups is 2. The van der Waals surface area contributed by atoms with Crippen molar-refractivity contribution < 1.29 is 22.6 Å². The van der Waals surface area contributed by atoms with Crippen LogP contribution < -0.4 is 0 Å². The van der Waals surface area contributed by atoms with Crippen molar-refractivity contribution in [2.45, 2.75) is 4.90 Å². The summed E-state index contributed by atoms with van der Waals surface area (Å²) in [5.41, 5.74) is 2.02. The Morgan fingerprint density at radius 1 is 0.533 bits per heavy atom. The van der Waals surface area contributed by atoms with Crippen LogP contribution in [0.3, 0.4) is 0 Å². The second-order valence-electron chi connectivity index (χ2n) is 6.73. The first-order valence-electron chi connectivity index (χ1n) is 9.10. The van der Waals surface area contributed by atoms with Gasteiger partial charge in [0, 0.05) is 22.3 Å². The molecule has 1 N–H and O–H groups in total. The summed E-state index contributed by atoms with van der Waals surface area (Å²) in [5, 5.41) is 1.74. The van der Waals surface area contributed by atoms with Gasteiger partial charge in [0.05, 0.1) is 4.90 Å². The fourth-order valence-electron chi connectivity index (χ4n) is 3.38. The van der Waals surface area contributed by atoms with Gasteiger partial charge in [-0.05, 0) is 22.9 Å². The van der Waals surface area contributed by atoms with Crippen molar-refractivity contribution in [3.8, 4) is 0 Å². The van der Waals surface area contributed by atoms with Gasteiger partial charge in [-0.1, -0.05) is 78.9 Å². The topological polar surface area (TPSA) is 88.5 Å². The van der Waals surface area contributed by atoms with Crippen LogP contribution in [-0.2, 0) is 10.1 Å². The number of benzene rings is 4. The van der Waals surface area contributed by atoms with Crippen LogP contribution in [0.4, 0.5) is 0 Å². The molecule has 0 spiro atoms. The molecule has 0 aliphatic heterocycles. The molecule has 0 amide bonds. The summed E-state index contributed by atoms with van der Waals surface area (Å²) >= 11 is 0. The lowest BCUT2D eigenvalue weighted by Gasteiger charge is -2.16. The molecular formula is C24H16O5S. The van der Waals surface area contributed by atoms with Gasteiger partial charge in [-0.15, -0.1) is 0 Å². The van der Waals surface area contributed by atoms with Crippen molar-refractivity contribution in [1.29, 1.82) is 0 Å². The SMILES string of the molecule is O=C1c2ccccc2C(=O)c2ccccc21.O=S(=O)(O)c1ccc2ccccc2c1. The largest absolute Gasteiger partial charge is 0.294 e. The van der Waals surface area contributed by atoms with Gasteiger partial charge < -0.3 is 0 Å². The first kappa shape index (κ1) is 19.7. The minimum atomic E-state index is -4.09. The monoisotopic (exact) mass is 416 g/mol. The van der Waals surface area contributed by atoms with E-state index in [-0.39, 0.29) is 16.5 Å². The van der Waals surface area contributed by atoms with Crippen molar-refractivity contribution in [2.24, 2.45) is 0 Å². The van der Waals surface area contributed by atoms with Crippen molar-refractivity contribution in [3.63, 3.8) is 0 Å². The van der Waals surface area contributed by atoms with Crippen LogP contribution in [-0.4, -0.2) is 24.5 Å². The van der Waals surface area contributed by atoms with Gasteiger partial charge in [-0.3, -0.25) is 14.1 Å². The van der Waals surface area contributed by atoms with Crippen molar-refractivity contribution in [1.82, 2.24) is 0 Å². The summed E-state index contributed by atoms with van der Waals surface area (Å²) in [4.78, 5) is 24.1. The molecule has 4 aromatic rings. The average molecular weight is 416 g/mol. The molecule has 0 radical (unpaired) electrons. The Balaban J connectivity index is 0.000000147. The molecule has 30 heavy (non-hydrogen) atoms. The molecular weight excluding hydrogens is 400 g/mol. The van der Waals surface area contributed by atoms with E-state index in [9.17, 15) is 18.0 Å². The van der Waals surface area contributed by atoms with Crippen LogP contribution in [0.2, 0.25) is 0 Å². The third-order valence-corrected chi connectivity index (χ3v) is 5.70. The minimum Gasteiger partial charge on any atom is -0.289 e. The van der Waals surface area contributed by atoms with Gasteiger partial charge in [0.25, 0.3) is 10.1 Å². The predicted molar refractivity (Wildman–Crippen MR) is 114 cm³/mol. The molecule has 5 rings (SSSR count). The Labute approximate surface area is 173 Å². The third-order valence-electron chi connectivity index (χ3n) is 4.85. The highest BCUT2D eigenvalue weighted by atomic mass is 32.2. The standard InChI is InChI=1S/C14H8O2.C10H8O3S/c15-13-9-5-1-2-6-10(9)14(16)12-8-4-3-7-11(12)13;11-14(12,13)10-6-5-8-3-1-2-4-9(8)7-10/h1-8H;1-7H,(H,11,12,13). The van der Waals surface area contributed by atoms with Gasteiger partial charge in [0.1, 0.15) is 0 Å². The molecule has 0 atom stereocenters. The highest BCUT2D eigenvalue weighted by molar-refractivity contribution is 7.85. The molecule has 0 bridgehead atoms. The molecule has 0 saturated heterocycles. The lowest BCUT2D eigenvalue weighted by atomic mass is 9.84. The Bertz CT molecular complexity index is 1300. The van der Waals surface area contributed by atoms with E-state index in [2.05, 4.69) is 0 Å². The fourth-order valence-corrected chi connectivity index (χ4v) is 3.89. The Hall–Kier alpha value is -3.61. The van der Waals surface area contributed by atoms with E-state index in [1.54, 1.807) is 60.7 Å². The number of ketones is 2. The maximum absolute atomic E-state index is 12.1. The van der Waals surface area contributed by atoms with Crippen LogP contribution in [0, 0.1) is 0 Å². The van der Waals surface area contributed by atoms with E-state index in [0.717, 1.165) is 10.8 Å². The molecule has 0 aromatic heterocycles. The number of hydrogen-bond acceptors (Lipinski definition) is 4. The highest BCUT2D eigenvalue weighted by Crippen LogP contribution is 2.26. The van der Waals surface area contributed by atoms with Gasteiger partial charge >= 0.3 is 0 Å². The quantitative estimate of drug-likeness (QED) is 0.405. The second-order valence-corrected chi connectivity index (χ2v) is 8.15. The summed E-state index contributed by atoms with van der Waals surface area (Å²) in [5.74, 6) is -0.128. The molecule has 4 aromatic carbocycles. The van der Waals surface area contributed by atoms with Gasteiger partial charge in [0.2, 0.25) is 0 Å². The van der Waals surface area contributed by atoms with Gasteiger partial charge in [0.15, 0.2) is 11.6 Å². The zero-order valence-electron chi connectivity index (χ0n) is 15.6. The molecule has 1 aliphatic carbocycles. The first-order valence-corrected chi connectivity index (χ1v) is 10.5. The molecule has 1 aliphatic rings. The summed E-state index contributed by atoms with van der Waals surface area (Å²) < 4.78 is 30.5. The maximum atomic E-state index is 12.1. The molecule has 0 saturated carbocycles. The Morgan fingerprint density at radius 3 is 1.37 bits per heavy atom. The summed E-state index contributed by atoms with van der Waals surface area (Å²) in [6, 6.07) is 25.8. The van der Waals surface area contributed by atoms with Crippen LogP contribution in [0.1, 0.15) is 31.8 Å². The van der Waals surface area contributed by atoms with Crippen molar-refractivity contribution in [2.75, 3.05) is 0 Å². The summed E-state index contributed by atoms with van der Waals surface area (Å²) in [6.07, 6.45) is 0. The molecule has 0 heterocycles. The molecule has 6 heteroatoms. The summed E-state index contributed by atoms with van der Waals surface area (Å²) in [6.45, 7) is 0. The van der Waals surface area contributed by atoms with E-state index in [0.29, 0.717) is 22.3 Å². The number of carbonyl (C=O) groups excluding carboxylic acids is 2. The molecule has 0 fully saturated rings. The van der Waals surface area contributed by atoms with E-state index in [4.69, 9.17) is 4.55 Å². The smallest absolute Gasteiger partial charge is 0.289 e. The van der Waals surface area contributed by atoms with Crippen LogP contribution >= 0.6 is 0 Å². The van der Waals surface area contributed by atoms with E-state index in [1.807, 2.05) is 18.2 Å².